The van der Waals surface area contributed by atoms with Crippen LogP contribution in [-0.2, 0) is 6.54 Å². The van der Waals surface area contributed by atoms with Crippen LogP contribution in [0.1, 0.15) is 22.3 Å². The Bertz CT molecular complexity index is 957. The summed E-state index contributed by atoms with van der Waals surface area (Å²) in [5.41, 5.74) is 5.53. The number of methoxy groups -OCH3 is 1. The van der Waals surface area contributed by atoms with Gasteiger partial charge in [-0.05, 0) is 67.3 Å². The molecule has 0 saturated heterocycles. The predicted molar refractivity (Wildman–Crippen MR) is 97.0 cm³/mol. The molecule has 3 aromatic rings. The van der Waals surface area contributed by atoms with E-state index in [1.165, 1.54) is 5.56 Å². The van der Waals surface area contributed by atoms with Gasteiger partial charge in [0.25, 0.3) is 0 Å². The van der Waals surface area contributed by atoms with Crippen molar-refractivity contribution < 1.29 is 9.15 Å². The lowest BCUT2D eigenvalue weighted by Gasteiger charge is -2.13. The van der Waals surface area contributed by atoms with Gasteiger partial charge in [-0.15, -0.1) is 0 Å². The van der Waals surface area contributed by atoms with Crippen molar-refractivity contribution in [3.63, 3.8) is 0 Å². The van der Waals surface area contributed by atoms with Crippen molar-refractivity contribution in [2.45, 2.75) is 27.3 Å². The zero-order chi connectivity index (χ0) is 17.3. The molecule has 0 amide bonds. The summed E-state index contributed by atoms with van der Waals surface area (Å²) in [6.45, 7) is 6.62. The number of hydrogen-bond donors (Lipinski definition) is 1. The van der Waals surface area contributed by atoms with Crippen molar-refractivity contribution in [3.8, 4) is 5.75 Å². The molecule has 4 heteroatoms. The Morgan fingerprint density at radius 3 is 2.54 bits per heavy atom. The lowest BCUT2D eigenvalue weighted by atomic mass is 10.0. The van der Waals surface area contributed by atoms with E-state index in [1.54, 1.807) is 13.2 Å². The molecule has 3 rings (SSSR count). The van der Waals surface area contributed by atoms with Gasteiger partial charge in [-0.25, -0.2) is 4.79 Å². The number of aryl methyl sites for hydroxylation is 3. The van der Waals surface area contributed by atoms with E-state index in [4.69, 9.17) is 9.15 Å². The Kier molecular flexibility index (Phi) is 4.30. The van der Waals surface area contributed by atoms with Crippen LogP contribution in [-0.4, -0.2) is 7.11 Å². The first-order chi connectivity index (χ1) is 11.5. The summed E-state index contributed by atoms with van der Waals surface area (Å²) in [7, 11) is 1.65. The lowest BCUT2D eigenvalue weighted by molar-refractivity contribution is 0.416. The molecule has 24 heavy (non-hydrogen) atoms. The van der Waals surface area contributed by atoms with Gasteiger partial charge in [0.2, 0.25) is 0 Å². The van der Waals surface area contributed by atoms with E-state index < -0.39 is 0 Å². The minimum Gasteiger partial charge on any atom is -0.495 e. The highest BCUT2D eigenvalue weighted by molar-refractivity contribution is 5.82. The first-order valence-corrected chi connectivity index (χ1v) is 7.90. The van der Waals surface area contributed by atoms with Gasteiger partial charge in [0.15, 0.2) is 0 Å². The summed E-state index contributed by atoms with van der Waals surface area (Å²) < 4.78 is 10.7. The summed E-state index contributed by atoms with van der Waals surface area (Å²) in [6, 6.07) is 11.5. The van der Waals surface area contributed by atoms with Crippen LogP contribution in [0.5, 0.6) is 5.75 Å². The van der Waals surface area contributed by atoms with Crippen molar-refractivity contribution in [1.82, 2.24) is 0 Å². The maximum atomic E-state index is 11.9. The minimum atomic E-state index is -0.334. The lowest BCUT2D eigenvalue weighted by Crippen LogP contribution is -2.07. The summed E-state index contributed by atoms with van der Waals surface area (Å²) in [5.74, 6) is 0.778. The highest BCUT2D eigenvalue weighted by Gasteiger charge is 2.09. The third kappa shape index (κ3) is 3.13. The second-order valence-electron chi connectivity index (χ2n) is 6.08. The van der Waals surface area contributed by atoms with Crippen LogP contribution in [0.2, 0.25) is 0 Å². The molecule has 0 bridgehead atoms. The van der Waals surface area contributed by atoms with E-state index in [1.807, 2.05) is 38.1 Å². The van der Waals surface area contributed by atoms with Crippen LogP contribution in [0.25, 0.3) is 11.0 Å². The van der Waals surface area contributed by atoms with E-state index in [0.717, 1.165) is 33.5 Å². The summed E-state index contributed by atoms with van der Waals surface area (Å²) in [5, 5.41) is 4.32. The van der Waals surface area contributed by atoms with Crippen LogP contribution in [0.3, 0.4) is 0 Å². The number of fused-ring (bicyclic) bond motifs is 1. The second-order valence-corrected chi connectivity index (χ2v) is 6.08. The number of rotatable bonds is 4. The Morgan fingerprint density at radius 2 is 1.79 bits per heavy atom. The Hall–Kier alpha value is -2.75. The number of nitrogens with one attached hydrogen (secondary N) is 1. The van der Waals surface area contributed by atoms with E-state index in [-0.39, 0.29) is 5.63 Å². The van der Waals surface area contributed by atoms with Crippen molar-refractivity contribution in [3.05, 3.63) is 69.1 Å². The zero-order valence-electron chi connectivity index (χ0n) is 14.4. The third-order valence-electron chi connectivity index (χ3n) is 4.27. The van der Waals surface area contributed by atoms with Gasteiger partial charge in [-0.1, -0.05) is 6.07 Å². The SMILES string of the molecule is COc1ccc(C)cc1NCc1cc(=O)oc2cc(C)c(C)cc12. The Morgan fingerprint density at radius 1 is 1.04 bits per heavy atom. The van der Waals surface area contributed by atoms with Crippen molar-refractivity contribution >= 4 is 16.7 Å². The van der Waals surface area contributed by atoms with E-state index >= 15 is 0 Å². The summed E-state index contributed by atoms with van der Waals surface area (Å²) in [4.78, 5) is 11.9. The van der Waals surface area contributed by atoms with Gasteiger partial charge >= 0.3 is 5.63 Å². The molecule has 0 atom stereocenters. The Labute approximate surface area is 141 Å². The number of hydrogen-bond acceptors (Lipinski definition) is 4. The van der Waals surface area contributed by atoms with Gasteiger partial charge in [0.1, 0.15) is 11.3 Å². The molecular weight excluding hydrogens is 302 g/mol. The van der Waals surface area contributed by atoms with Crippen molar-refractivity contribution in [1.29, 1.82) is 0 Å². The van der Waals surface area contributed by atoms with Crippen LogP contribution in [0.15, 0.2) is 45.6 Å². The van der Waals surface area contributed by atoms with Crippen LogP contribution >= 0.6 is 0 Å². The zero-order valence-corrected chi connectivity index (χ0v) is 14.4. The quantitative estimate of drug-likeness (QED) is 0.726. The molecule has 1 heterocycles. The molecule has 0 spiro atoms. The molecule has 0 unspecified atom stereocenters. The van der Waals surface area contributed by atoms with E-state index in [0.29, 0.717) is 12.1 Å². The molecule has 0 aliphatic carbocycles. The molecular formula is C20H21NO3. The topological polar surface area (TPSA) is 51.5 Å². The van der Waals surface area contributed by atoms with Gasteiger partial charge in [-0.2, -0.15) is 0 Å². The van der Waals surface area contributed by atoms with Crippen LogP contribution < -0.4 is 15.7 Å². The standard InChI is InChI=1S/C20H21NO3/c1-12-5-6-18(23-4)17(7-12)21-11-15-10-20(22)24-19-9-14(3)13(2)8-16(15)19/h5-10,21H,11H2,1-4H3. The minimum absolute atomic E-state index is 0.334. The molecule has 1 N–H and O–H groups in total. The fourth-order valence-corrected chi connectivity index (χ4v) is 2.78. The first-order valence-electron chi connectivity index (χ1n) is 7.90. The van der Waals surface area contributed by atoms with Gasteiger partial charge in [-0.3, -0.25) is 0 Å². The van der Waals surface area contributed by atoms with E-state index in [9.17, 15) is 4.79 Å². The molecule has 124 valence electrons. The summed E-state index contributed by atoms with van der Waals surface area (Å²) in [6.07, 6.45) is 0. The van der Waals surface area contributed by atoms with Crippen LogP contribution in [0, 0.1) is 20.8 Å². The van der Waals surface area contributed by atoms with Crippen molar-refractivity contribution in [2.75, 3.05) is 12.4 Å². The smallest absolute Gasteiger partial charge is 0.336 e. The summed E-state index contributed by atoms with van der Waals surface area (Å²) >= 11 is 0. The van der Waals surface area contributed by atoms with E-state index in [2.05, 4.69) is 18.3 Å². The monoisotopic (exact) mass is 323 g/mol. The van der Waals surface area contributed by atoms with Crippen LogP contribution in [0.4, 0.5) is 5.69 Å². The highest BCUT2D eigenvalue weighted by Crippen LogP contribution is 2.27. The molecule has 4 nitrogen and oxygen atoms in total. The van der Waals surface area contributed by atoms with Gasteiger partial charge in [0, 0.05) is 18.0 Å². The molecule has 0 saturated carbocycles. The fourth-order valence-electron chi connectivity index (χ4n) is 2.78. The molecule has 0 radical (unpaired) electrons. The molecule has 1 aromatic heterocycles. The average Bonchev–Trinajstić information content (AvgIpc) is 2.54. The normalized spacial score (nSPS) is 10.8. The highest BCUT2D eigenvalue weighted by atomic mass is 16.5. The van der Waals surface area contributed by atoms with Crippen molar-refractivity contribution in [2.24, 2.45) is 0 Å². The maximum absolute atomic E-state index is 11.9. The second kappa shape index (κ2) is 6.40. The van der Waals surface area contributed by atoms with Gasteiger partial charge in [0.05, 0.1) is 12.8 Å². The average molecular weight is 323 g/mol. The number of benzene rings is 2. The molecule has 0 aliphatic rings. The molecule has 2 aromatic carbocycles. The number of ether oxygens (including phenoxy) is 1. The first kappa shape index (κ1) is 16.1. The van der Waals surface area contributed by atoms with Gasteiger partial charge < -0.3 is 14.5 Å². The molecule has 0 fully saturated rings. The number of anilines is 1. The Balaban J connectivity index is 2.00. The largest absolute Gasteiger partial charge is 0.495 e. The fraction of sp³-hybridized carbons (Fsp3) is 0.250. The maximum Gasteiger partial charge on any atom is 0.336 e. The molecule has 0 aliphatic heterocycles. The third-order valence-corrected chi connectivity index (χ3v) is 4.27. The predicted octanol–water partition coefficient (Wildman–Crippen LogP) is 4.34.